The smallest absolute Gasteiger partial charge is 0.191 e. The molecule has 6 heteroatoms. The highest BCUT2D eigenvalue weighted by molar-refractivity contribution is 5.79. The van der Waals surface area contributed by atoms with Gasteiger partial charge in [0.1, 0.15) is 0 Å². The minimum absolute atomic E-state index is 0.747. The quantitative estimate of drug-likeness (QED) is 0.363. The van der Waals surface area contributed by atoms with Gasteiger partial charge in [-0.3, -0.25) is 4.99 Å². The molecule has 30 heavy (non-hydrogen) atoms. The van der Waals surface area contributed by atoms with E-state index in [2.05, 4.69) is 86.3 Å². The van der Waals surface area contributed by atoms with Crippen LogP contribution in [0, 0.1) is 0 Å². The fraction of sp³-hybridized carbons (Fsp3) is 0.250. The van der Waals surface area contributed by atoms with Crippen molar-refractivity contribution in [1.29, 1.82) is 0 Å². The largest absolute Gasteiger partial charge is 0.364 e. The average molecular weight is 401 g/mol. The van der Waals surface area contributed by atoms with Crippen LogP contribution in [0.1, 0.15) is 11.1 Å². The highest BCUT2D eigenvalue weighted by Crippen LogP contribution is 2.17. The Balaban J connectivity index is 1.21. The van der Waals surface area contributed by atoms with Crippen LogP contribution in [0.4, 0.5) is 5.69 Å². The van der Waals surface area contributed by atoms with Crippen molar-refractivity contribution in [2.45, 2.75) is 13.0 Å². The maximum atomic E-state index is 4.33. The highest BCUT2D eigenvalue weighted by atomic mass is 15.3. The summed E-state index contributed by atoms with van der Waals surface area (Å²) in [6.07, 6.45) is 9.08. The van der Waals surface area contributed by atoms with Crippen molar-refractivity contribution >= 4 is 11.6 Å². The minimum atomic E-state index is 0.747. The number of nitrogens with one attached hydrogen (secondary N) is 2. The Labute approximate surface area is 177 Å². The van der Waals surface area contributed by atoms with Crippen LogP contribution in [0.25, 0.3) is 5.69 Å². The standard InChI is InChI=1S/C24H28N6/c1-25-24(27-19-21-7-9-22(10-8-21)29-16-2-3-17-29)26-15-13-20-5-11-23(12-6-20)30-18-4-14-28-30/h2-12,14,18H,13,15-17,19H2,1H3,(H2,25,26,27). The number of guanidine groups is 1. The Morgan fingerprint density at radius 1 is 0.933 bits per heavy atom. The first kappa shape index (κ1) is 19.8. The predicted octanol–water partition coefficient (Wildman–Crippen LogP) is 3.16. The molecule has 1 aliphatic heterocycles. The fourth-order valence-corrected chi connectivity index (χ4v) is 3.48. The molecule has 1 aromatic heterocycles. The van der Waals surface area contributed by atoms with Gasteiger partial charge in [0.2, 0.25) is 0 Å². The Morgan fingerprint density at radius 2 is 1.63 bits per heavy atom. The van der Waals surface area contributed by atoms with Gasteiger partial charge in [0, 0.05) is 51.3 Å². The molecule has 0 amide bonds. The minimum Gasteiger partial charge on any atom is -0.364 e. The van der Waals surface area contributed by atoms with Crippen LogP contribution in [-0.4, -0.2) is 42.4 Å². The van der Waals surface area contributed by atoms with E-state index in [9.17, 15) is 0 Å². The van der Waals surface area contributed by atoms with Crippen LogP contribution in [0.15, 0.2) is 84.1 Å². The molecule has 0 radical (unpaired) electrons. The van der Waals surface area contributed by atoms with Crippen molar-refractivity contribution in [3.05, 3.63) is 90.3 Å². The van der Waals surface area contributed by atoms with Gasteiger partial charge in [-0.1, -0.05) is 36.4 Å². The number of hydrogen-bond donors (Lipinski definition) is 2. The molecule has 1 aliphatic rings. The zero-order valence-corrected chi connectivity index (χ0v) is 17.3. The second kappa shape index (κ2) is 9.78. The van der Waals surface area contributed by atoms with E-state index in [0.717, 1.165) is 44.2 Å². The first-order valence-electron chi connectivity index (χ1n) is 10.3. The summed E-state index contributed by atoms with van der Waals surface area (Å²) in [5.41, 5.74) is 4.86. The molecule has 0 atom stereocenters. The number of aliphatic imine (C=N–C) groups is 1. The van der Waals surface area contributed by atoms with Gasteiger partial charge >= 0.3 is 0 Å². The SMILES string of the molecule is CN=C(NCCc1ccc(-n2cccn2)cc1)NCc1ccc(N2CC=CC2)cc1. The Hall–Kier alpha value is -3.54. The van der Waals surface area contributed by atoms with Gasteiger partial charge in [0.25, 0.3) is 0 Å². The van der Waals surface area contributed by atoms with Crippen LogP contribution in [0.3, 0.4) is 0 Å². The first-order chi connectivity index (χ1) is 14.8. The molecule has 0 unspecified atom stereocenters. The summed E-state index contributed by atoms with van der Waals surface area (Å²) < 4.78 is 1.86. The second-order valence-corrected chi connectivity index (χ2v) is 7.26. The summed E-state index contributed by atoms with van der Waals surface area (Å²) in [4.78, 5) is 6.68. The third kappa shape index (κ3) is 5.08. The van der Waals surface area contributed by atoms with Gasteiger partial charge in [-0.25, -0.2) is 4.68 Å². The Morgan fingerprint density at radius 3 is 2.30 bits per heavy atom. The highest BCUT2D eigenvalue weighted by Gasteiger charge is 2.07. The number of rotatable bonds is 7. The van der Waals surface area contributed by atoms with Crippen molar-refractivity contribution in [3.8, 4) is 5.69 Å². The zero-order chi connectivity index (χ0) is 20.6. The van der Waals surface area contributed by atoms with E-state index in [-0.39, 0.29) is 0 Å². The third-order valence-corrected chi connectivity index (χ3v) is 5.21. The first-order valence-corrected chi connectivity index (χ1v) is 10.3. The van der Waals surface area contributed by atoms with Gasteiger partial charge in [0.05, 0.1) is 5.69 Å². The molecule has 0 spiro atoms. The zero-order valence-electron chi connectivity index (χ0n) is 17.3. The summed E-state index contributed by atoms with van der Waals surface area (Å²) in [6, 6.07) is 19.1. The van der Waals surface area contributed by atoms with Crippen LogP contribution in [0.5, 0.6) is 0 Å². The number of hydrogen-bond acceptors (Lipinski definition) is 3. The molecule has 2 heterocycles. The van der Waals surface area contributed by atoms with E-state index in [1.165, 1.54) is 16.8 Å². The third-order valence-electron chi connectivity index (χ3n) is 5.21. The van der Waals surface area contributed by atoms with Crippen LogP contribution < -0.4 is 15.5 Å². The van der Waals surface area contributed by atoms with Gasteiger partial charge in [-0.15, -0.1) is 0 Å². The molecule has 0 fully saturated rings. The molecule has 4 rings (SSSR count). The Bertz CT molecular complexity index is 964. The predicted molar refractivity (Wildman–Crippen MR) is 123 cm³/mol. The van der Waals surface area contributed by atoms with E-state index in [4.69, 9.17) is 0 Å². The monoisotopic (exact) mass is 400 g/mol. The Kier molecular flexibility index (Phi) is 6.44. The topological polar surface area (TPSA) is 57.5 Å². The molecular weight excluding hydrogens is 372 g/mol. The molecule has 154 valence electrons. The molecule has 2 N–H and O–H groups in total. The van der Waals surface area contributed by atoms with E-state index in [0.29, 0.717) is 0 Å². The molecule has 3 aromatic rings. The number of nitrogens with zero attached hydrogens (tertiary/aromatic N) is 4. The van der Waals surface area contributed by atoms with Crippen molar-refractivity contribution < 1.29 is 0 Å². The van der Waals surface area contributed by atoms with E-state index < -0.39 is 0 Å². The van der Waals surface area contributed by atoms with Crippen molar-refractivity contribution in [1.82, 2.24) is 20.4 Å². The summed E-state index contributed by atoms with van der Waals surface area (Å²) in [5.74, 6) is 0.816. The summed E-state index contributed by atoms with van der Waals surface area (Å²) in [6.45, 7) is 3.57. The van der Waals surface area contributed by atoms with Gasteiger partial charge in [0.15, 0.2) is 5.96 Å². The lowest BCUT2D eigenvalue weighted by molar-refractivity contribution is 0.794. The normalized spacial score (nSPS) is 13.6. The number of anilines is 1. The number of benzene rings is 2. The molecule has 0 aliphatic carbocycles. The molecule has 0 bridgehead atoms. The van der Waals surface area contributed by atoms with Crippen molar-refractivity contribution in [2.24, 2.45) is 4.99 Å². The second-order valence-electron chi connectivity index (χ2n) is 7.26. The van der Waals surface area contributed by atoms with Crippen molar-refractivity contribution in [2.75, 3.05) is 31.6 Å². The van der Waals surface area contributed by atoms with Gasteiger partial charge in [-0.2, -0.15) is 5.10 Å². The summed E-state index contributed by atoms with van der Waals surface area (Å²) in [5, 5.41) is 11.0. The summed E-state index contributed by atoms with van der Waals surface area (Å²) >= 11 is 0. The maximum Gasteiger partial charge on any atom is 0.191 e. The van der Waals surface area contributed by atoms with Crippen LogP contribution in [0.2, 0.25) is 0 Å². The van der Waals surface area contributed by atoms with E-state index in [1.807, 2.05) is 16.9 Å². The van der Waals surface area contributed by atoms with E-state index >= 15 is 0 Å². The molecule has 6 nitrogen and oxygen atoms in total. The average Bonchev–Trinajstić information content (AvgIpc) is 3.52. The van der Waals surface area contributed by atoms with Gasteiger partial charge in [-0.05, 0) is 47.9 Å². The molecule has 0 saturated heterocycles. The van der Waals surface area contributed by atoms with E-state index in [1.54, 1.807) is 13.2 Å². The maximum absolute atomic E-state index is 4.33. The lowest BCUT2D eigenvalue weighted by Crippen LogP contribution is -2.37. The number of aromatic nitrogens is 2. The lowest BCUT2D eigenvalue weighted by Gasteiger charge is -2.18. The lowest BCUT2D eigenvalue weighted by atomic mass is 10.1. The molecular formula is C24H28N6. The van der Waals surface area contributed by atoms with Crippen molar-refractivity contribution in [3.63, 3.8) is 0 Å². The van der Waals surface area contributed by atoms with Crippen LogP contribution >= 0.6 is 0 Å². The molecule has 0 saturated carbocycles. The molecule has 2 aromatic carbocycles. The van der Waals surface area contributed by atoms with Gasteiger partial charge < -0.3 is 15.5 Å². The summed E-state index contributed by atoms with van der Waals surface area (Å²) in [7, 11) is 1.80. The fourth-order valence-electron chi connectivity index (χ4n) is 3.48. The van der Waals surface area contributed by atoms with Crippen LogP contribution in [-0.2, 0) is 13.0 Å².